The van der Waals surface area contributed by atoms with Crippen LogP contribution in [0.15, 0.2) is 24.3 Å². The number of benzene rings is 1. The van der Waals surface area contributed by atoms with Crippen molar-refractivity contribution in [2.24, 2.45) is 0 Å². The lowest BCUT2D eigenvalue weighted by Crippen LogP contribution is -2.48. The molecule has 1 aromatic carbocycles. The first-order chi connectivity index (χ1) is 9.38. The van der Waals surface area contributed by atoms with Gasteiger partial charge in [-0.05, 0) is 59.6 Å². The minimum absolute atomic E-state index is 0.00614. The molecule has 1 aromatic rings. The fraction of sp³-hybridized carbons (Fsp3) is 0.562. The molecular formula is C16H27N3O. The highest BCUT2D eigenvalue weighted by molar-refractivity contribution is 5.95. The van der Waals surface area contributed by atoms with Gasteiger partial charge in [-0.25, -0.2) is 0 Å². The van der Waals surface area contributed by atoms with Crippen LogP contribution in [0.25, 0.3) is 0 Å². The molecule has 0 atom stereocenters. The molecule has 0 saturated carbocycles. The zero-order chi connectivity index (χ0) is 15.2. The molecule has 0 fully saturated rings. The number of nitrogens with zero attached hydrogens (tertiary/aromatic N) is 1. The predicted octanol–water partition coefficient (Wildman–Crippen LogP) is 1.52. The number of amides is 1. The maximum Gasteiger partial charge on any atom is 0.251 e. The quantitative estimate of drug-likeness (QED) is 0.794. The van der Waals surface area contributed by atoms with Gasteiger partial charge in [0.1, 0.15) is 0 Å². The Kier molecular flexibility index (Phi) is 6.17. The van der Waals surface area contributed by atoms with Gasteiger partial charge in [0.2, 0.25) is 0 Å². The summed E-state index contributed by atoms with van der Waals surface area (Å²) in [6, 6.07) is 7.80. The van der Waals surface area contributed by atoms with E-state index in [4.69, 9.17) is 0 Å². The van der Waals surface area contributed by atoms with Crippen molar-refractivity contribution in [3.63, 3.8) is 0 Å². The Hall–Kier alpha value is -1.39. The van der Waals surface area contributed by atoms with Crippen molar-refractivity contribution in [2.75, 3.05) is 34.2 Å². The third-order valence-corrected chi connectivity index (χ3v) is 3.80. The van der Waals surface area contributed by atoms with Gasteiger partial charge in [0.05, 0.1) is 0 Å². The molecule has 4 nitrogen and oxygen atoms in total. The average molecular weight is 277 g/mol. The molecule has 0 unspecified atom stereocenters. The smallest absolute Gasteiger partial charge is 0.251 e. The van der Waals surface area contributed by atoms with Crippen LogP contribution >= 0.6 is 0 Å². The van der Waals surface area contributed by atoms with Crippen LogP contribution in [0, 0.1) is 0 Å². The fourth-order valence-corrected chi connectivity index (χ4v) is 1.77. The number of carbonyl (C=O) groups is 1. The molecule has 1 amide bonds. The summed E-state index contributed by atoms with van der Waals surface area (Å²) >= 11 is 0. The largest absolute Gasteiger partial charge is 0.350 e. The highest BCUT2D eigenvalue weighted by Gasteiger charge is 2.21. The highest BCUT2D eigenvalue weighted by Crippen LogP contribution is 2.11. The Morgan fingerprint density at radius 2 is 1.90 bits per heavy atom. The molecule has 20 heavy (non-hydrogen) atoms. The predicted molar refractivity (Wildman–Crippen MR) is 84.2 cm³/mol. The van der Waals surface area contributed by atoms with Crippen molar-refractivity contribution in [2.45, 2.75) is 25.8 Å². The molecule has 4 heteroatoms. The number of hydrogen-bond donors (Lipinski definition) is 2. The van der Waals surface area contributed by atoms with E-state index < -0.39 is 0 Å². The average Bonchev–Trinajstić information content (AvgIpc) is 2.42. The van der Waals surface area contributed by atoms with E-state index in [0.29, 0.717) is 6.54 Å². The SMILES string of the molecule is CNCCc1ccccc1C(=O)NCC(C)(C)N(C)C. The molecular weight excluding hydrogens is 250 g/mol. The van der Waals surface area contributed by atoms with Crippen LogP contribution in [-0.4, -0.2) is 50.6 Å². The first-order valence-electron chi connectivity index (χ1n) is 7.06. The molecule has 0 heterocycles. The van der Waals surface area contributed by atoms with Crippen molar-refractivity contribution in [1.29, 1.82) is 0 Å². The fourth-order valence-electron chi connectivity index (χ4n) is 1.77. The lowest BCUT2D eigenvalue weighted by molar-refractivity contribution is 0.0919. The van der Waals surface area contributed by atoms with E-state index in [1.165, 1.54) is 0 Å². The number of carbonyl (C=O) groups excluding carboxylic acids is 1. The molecule has 0 aliphatic carbocycles. The van der Waals surface area contributed by atoms with Crippen molar-refractivity contribution in [3.05, 3.63) is 35.4 Å². The summed E-state index contributed by atoms with van der Waals surface area (Å²) < 4.78 is 0. The maximum absolute atomic E-state index is 12.3. The van der Waals surface area contributed by atoms with E-state index in [2.05, 4.69) is 29.4 Å². The number of nitrogens with one attached hydrogen (secondary N) is 2. The number of hydrogen-bond acceptors (Lipinski definition) is 3. The van der Waals surface area contributed by atoms with E-state index in [1.54, 1.807) is 0 Å². The van der Waals surface area contributed by atoms with E-state index in [-0.39, 0.29) is 11.4 Å². The van der Waals surface area contributed by atoms with Gasteiger partial charge in [0.25, 0.3) is 5.91 Å². The molecule has 112 valence electrons. The second-order valence-corrected chi connectivity index (χ2v) is 5.90. The summed E-state index contributed by atoms with van der Waals surface area (Å²) in [6.45, 7) is 5.72. The van der Waals surface area contributed by atoms with Crippen LogP contribution < -0.4 is 10.6 Å². The van der Waals surface area contributed by atoms with Crippen molar-refractivity contribution in [3.8, 4) is 0 Å². The summed E-state index contributed by atoms with van der Waals surface area (Å²) in [5, 5.41) is 6.15. The molecule has 0 spiro atoms. The zero-order valence-corrected chi connectivity index (χ0v) is 13.3. The summed E-state index contributed by atoms with van der Waals surface area (Å²) in [5.41, 5.74) is 1.80. The Balaban J connectivity index is 2.72. The standard InChI is InChI=1S/C16H27N3O/c1-16(2,19(4)5)12-18-15(20)14-9-7-6-8-13(14)10-11-17-3/h6-9,17H,10-12H2,1-5H3,(H,18,20). The van der Waals surface area contributed by atoms with E-state index in [0.717, 1.165) is 24.1 Å². The molecule has 0 aliphatic rings. The zero-order valence-electron chi connectivity index (χ0n) is 13.3. The Morgan fingerprint density at radius 3 is 2.50 bits per heavy atom. The molecule has 0 radical (unpaired) electrons. The maximum atomic E-state index is 12.3. The lowest BCUT2D eigenvalue weighted by Gasteiger charge is -2.32. The number of likely N-dealkylation sites (N-methyl/N-ethyl adjacent to an activating group) is 2. The van der Waals surface area contributed by atoms with Gasteiger partial charge < -0.3 is 15.5 Å². The van der Waals surface area contributed by atoms with Gasteiger partial charge >= 0.3 is 0 Å². The molecule has 2 N–H and O–H groups in total. The van der Waals surface area contributed by atoms with Crippen molar-refractivity contribution in [1.82, 2.24) is 15.5 Å². The van der Waals surface area contributed by atoms with Crippen LogP contribution in [0.2, 0.25) is 0 Å². The summed E-state index contributed by atoms with van der Waals surface area (Å²) in [6.07, 6.45) is 0.858. The normalized spacial score (nSPS) is 11.7. The first-order valence-corrected chi connectivity index (χ1v) is 7.06. The van der Waals surface area contributed by atoms with Crippen LogP contribution in [0.1, 0.15) is 29.8 Å². The van der Waals surface area contributed by atoms with Crippen molar-refractivity contribution < 1.29 is 4.79 Å². The minimum atomic E-state index is -0.0599. The third-order valence-electron chi connectivity index (χ3n) is 3.80. The summed E-state index contributed by atoms with van der Waals surface area (Å²) in [5.74, 6) is 0.00614. The third kappa shape index (κ3) is 4.62. The Morgan fingerprint density at radius 1 is 1.25 bits per heavy atom. The van der Waals surface area contributed by atoms with Gasteiger partial charge in [-0.15, -0.1) is 0 Å². The number of rotatable bonds is 7. The lowest BCUT2D eigenvalue weighted by atomic mass is 10.0. The minimum Gasteiger partial charge on any atom is -0.350 e. The van der Waals surface area contributed by atoms with E-state index in [1.807, 2.05) is 45.4 Å². The van der Waals surface area contributed by atoms with Crippen LogP contribution in [0.5, 0.6) is 0 Å². The van der Waals surface area contributed by atoms with Gasteiger partial charge in [-0.1, -0.05) is 18.2 Å². The van der Waals surface area contributed by atoms with Crippen LogP contribution in [0.3, 0.4) is 0 Å². The van der Waals surface area contributed by atoms with Crippen LogP contribution in [-0.2, 0) is 6.42 Å². The molecule has 0 bridgehead atoms. The van der Waals surface area contributed by atoms with E-state index in [9.17, 15) is 4.79 Å². The van der Waals surface area contributed by atoms with Gasteiger partial charge in [0, 0.05) is 17.6 Å². The van der Waals surface area contributed by atoms with Crippen LogP contribution in [0.4, 0.5) is 0 Å². The van der Waals surface area contributed by atoms with E-state index >= 15 is 0 Å². The summed E-state index contributed by atoms with van der Waals surface area (Å²) in [7, 11) is 5.96. The highest BCUT2D eigenvalue weighted by atomic mass is 16.1. The van der Waals surface area contributed by atoms with Gasteiger partial charge in [0.15, 0.2) is 0 Å². The second-order valence-electron chi connectivity index (χ2n) is 5.90. The van der Waals surface area contributed by atoms with Gasteiger partial charge in [-0.2, -0.15) is 0 Å². The molecule has 0 aliphatic heterocycles. The molecule has 0 aromatic heterocycles. The molecule has 0 saturated heterocycles. The van der Waals surface area contributed by atoms with Crippen molar-refractivity contribution >= 4 is 5.91 Å². The Labute approximate surface area is 122 Å². The monoisotopic (exact) mass is 277 g/mol. The van der Waals surface area contributed by atoms with Gasteiger partial charge in [-0.3, -0.25) is 4.79 Å². The molecule has 1 rings (SSSR count). The first kappa shape index (κ1) is 16.7. The topological polar surface area (TPSA) is 44.4 Å². The Bertz CT molecular complexity index is 441. The second kappa shape index (κ2) is 7.41. The summed E-state index contributed by atoms with van der Waals surface area (Å²) in [4.78, 5) is 14.5.